The number of piperazine rings is 1. The van der Waals surface area contributed by atoms with Gasteiger partial charge in [-0.3, -0.25) is 29.8 Å². The summed E-state index contributed by atoms with van der Waals surface area (Å²) < 4.78 is 17.4. The molecule has 43 heavy (non-hydrogen) atoms. The summed E-state index contributed by atoms with van der Waals surface area (Å²) in [7, 11) is 1.61. The number of aliphatic imine (C=N–C) groups is 2. The Hall–Kier alpha value is -3.81. The molecule has 0 aliphatic carbocycles. The summed E-state index contributed by atoms with van der Waals surface area (Å²) in [5.74, 6) is 2.59. The van der Waals surface area contributed by atoms with E-state index >= 15 is 0 Å². The number of amidine groups is 1. The number of carbonyl (C=O) groups is 1. The molecule has 0 radical (unpaired) electrons. The molecule has 0 atom stereocenters. The minimum atomic E-state index is -0.334. The Morgan fingerprint density at radius 3 is 2.53 bits per heavy atom. The van der Waals surface area contributed by atoms with Crippen LogP contribution in [-0.4, -0.2) is 134 Å². The van der Waals surface area contributed by atoms with Gasteiger partial charge in [-0.2, -0.15) is 0 Å². The molecule has 2 fully saturated rings. The molecule has 6 rings (SSSR count). The first-order chi connectivity index (χ1) is 21.0. The van der Waals surface area contributed by atoms with Gasteiger partial charge in [0.15, 0.2) is 11.5 Å². The Balaban J connectivity index is 1.14. The van der Waals surface area contributed by atoms with Gasteiger partial charge in [0.1, 0.15) is 11.5 Å². The molecule has 1 N–H and O–H groups in total. The Labute approximate surface area is 252 Å². The lowest BCUT2D eigenvalue weighted by atomic mass is 10.1. The molecule has 13 nitrogen and oxygen atoms in total. The first-order valence-electron chi connectivity index (χ1n) is 15.2. The van der Waals surface area contributed by atoms with Gasteiger partial charge in [-0.15, -0.1) is 0 Å². The molecule has 4 aliphatic rings. The van der Waals surface area contributed by atoms with Crippen LogP contribution in [0.2, 0.25) is 0 Å². The van der Waals surface area contributed by atoms with Crippen molar-refractivity contribution >= 4 is 29.3 Å². The highest BCUT2D eigenvalue weighted by atomic mass is 16.5. The number of fused-ring (bicyclic) bond motifs is 3. The number of guanidine groups is 1. The van der Waals surface area contributed by atoms with Crippen LogP contribution in [0.5, 0.6) is 11.5 Å². The van der Waals surface area contributed by atoms with E-state index in [-0.39, 0.29) is 5.91 Å². The van der Waals surface area contributed by atoms with Gasteiger partial charge in [-0.05, 0) is 32.4 Å². The number of rotatable bonds is 9. The monoisotopic (exact) mass is 591 g/mol. The maximum absolute atomic E-state index is 13.3. The molecule has 230 valence electrons. The number of morpholine rings is 1. The van der Waals surface area contributed by atoms with Crippen LogP contribution in [-0.2, 0) is 4.74 Å². The number of nitrogens with one attached hydrogen (secondary N) is 1. The molecule has 13 heteroatoms. The zero-order chi connectivity index (χ0) is 29.8. The predicted octanol–water partition coefficient (Wildman–Crippen LogP) is 1.61. The van der Waals surface area contributed by atoms with Crippen LogP contribution in [0.15, 0.2) is 34.5 Å². The number of hydrogen-bond acceptors (Lipinski definition) is 12. The summed E-state index contributed by atoms with van der Waals surface area (Å²) >= 11 is 0. The number of hydrogen-bond donors (Lipinski definition) is 1. The smallest absolute Gasteiger partial charge is 0.261 e. The number of methoxy groups -OCH3 is 1. The van der Waals surface area contributed by atoms with E-state index in [4.69, 9.17) is 24.2 Å². The first-order valence-corrected chi connectivity index (χ1v) is 15.2. The van der Waals surface area contributed by atoms with E-state index in [9.17, 15) is 4.79 Å². The lowest BCUT2D eigenvalue weighted by molar-refractivity contribution is 0.0357. The van der Waals surface area contributed by atoms with E-state index in [1.54, 1.807) is 19.5 Å². The van der Waals surface area contributed by atoms with Crippen LogP contribution in [0.1, 0.15) is 36.2 Å². The normalized spacial score (nSPS) is 19.1. The Morgan fingerprint density at radius 2 is 1.81 bits per heavy atom. The molecule has 2 aromatic rings. The maximum Gasteiger partial charge on any atom is 0.261 e. The number of anilines is 1. The van der Waals surface area contributed by atoms with E-state index < -0.39 is 0 Å². The van der Waals surface area contributed by atoms with Crippen LogP contribution in [0.25, 0.3) is 0 Å². The molecule has 0 unspecified atom stereocenters. The molecule has 0 saturated carbocycles. The number of nitrogens with zero attached hydrogens (tertiary/aromatic N) is 8. The highest BCUT2D eigenvalue weighted by Crippen LogP contribution is 2.43. The third-order valence-electron chi connectivity index (χ3n) is 8.29. The fourth-order valence-electron chi connectivity index (χ4n) is 5.81. The van der Waals surface area contributed by atoms with Crippen molar-refractivity contribution in [2.75, 3.05) is 90.7 Å². The largest absolute Gasteiger partial charge is 0.491 e. The average Bonchev–Trinajstić information content (AvgIpc) is 3.54. The molecular formula is C30H41N9O4. The van der Waals surface area contributed by atoms with Crippen molar-refractivity contribution in [3.05, 3.63) is 35.7 Å². The van der Waals surface area contributed by atoms with Gasteiger partial charge in [0.05, 0.1) is 39.0 Å². The number of benzene rings is 1. The van der Waals surface area contributed by atoms with Crippen molar-refractivity contribution in [3.63, 3.8) is 0 Å². The lowest BCUT2D eigenvalue weighted by Crippen LogP contribution is -2.49. The average molecular weight is 592 g/mol. The SMILES string of the molecule is COc1c(OCCCN2CCOCC2)ccc2c1N=C(NC(=O)c1cnc(N3CCN(C(C)C)CC3)nc1)N1CCN=C21. The van der Waals surface area contributed by atoms with Gasteiger partial charge in [-0.25, -0.2) is 15.0 Å². The molecule has 1 aromatic heterocycles. The van der Waals surface area contributed by atoms with E-state index in [0.717, 1.165) is 76.8 Å². The molecule has 5 heterocycles. The van der Waals surface area contributed by atoms with Gasteiger partial charge in [0, 0.05) is 76.4 Å². The van der Waals surface area contributed by atoms with Crippen LogP contribution in [0, 0.1) is 0 Å². The second-order valence-corrected chi connectivity index (χ2v) is 11.3. The number of carbonyl (C=O) groups excluding carboxylic acids is 1. The van der Waals surface area contributed by atoms with Crippen LogP contribution in [0.4, 0.5) is 11.6 Å². The number of aromatic nitrogens is 2. The lowest BCUT2D eigenvalue weighted by Gasteiger charge is -2.36. The van der Waals surface area contributed by atoms with Crippen molar-refractivity contribution in [1.29, 1.82) is 0 Å². The summed E-state index contributed by atoms with van der Waals surface area (Å²) in [5.41, 5.74) is 1.80. The highest BCUT2D eigenvalue weighted by Gasteiger charge is 2.33. The van der Waals surface area contributed by atoms with Gasteiger partial charge < -0.3 is 19.1 Å². The van der Waals surface area contributed by atoms with E-state index in [2.05, 4.69) is 43.8 Å². The second kappa shape index (κ2) is 13.2. The zero-order valence-electron chi connectivity index (χ0n) is 25.3. The van der Waals surface area contributed by atoms with Crippen molar-refractivity contribution in [2.45, 2.75) is 26.3 Å². The van der Waals surface area contributed by atoms with Gasteiger partial charge in [-0.1, -0.05) is 0 Å². The standard InChI is InChI=1S/C30H41N9O4/c1-21(2)37-10-12-38(13-11-37)29-32-19-22(20-33-29)28(40)35-30-34-25-23(27-31-7-9-39(27)30)5-6-24(26(25)41-3)43-16-4-8-36-14-17-42-18-15-36/h5-6,19-21H,4,7-18H2,1-3H3,(H,34,35,40). The maximum atomic E-state index is 13.3. The fourth-order valence-corrected chi connectivity index (χ4v) is 5.81. The quantitative estimate of drug-likeness (QED) is 0.431. The van der Waals surface area contributed by atoms with Gasteiger partial charge >= 0.3 is 0 Å². The summed E-state index contributed by atoms with van der Waals surface area (Å²) in [4.78, 5) is 40.8. The molecule has 0 bridgehead atoms. The topological polar surface area (TPSA) is 120 Å². The summed E-state index contributed by atoms with van der Waals surface area (Å²) in [6, 6.07) is 4.39. The zero-order valence-corrected chi connectivity index (χ0v) is 25.3. The van der Waals surface area contributed by atoms with Crippen molar-refractivity contribution in [1.82, 2.24) is 30.0 Å². The summed E-state index contributed by atoms with van der Waals surface area (Å²) in [5, 5.41) is 2.97. The highest BCUT2D eigenvalue weighted by molar-refractivity contribution is 6.20. The summed E-state index contributed by atoms with van der Waals surface area (Å²) in [6.45, 7) is 14.3. The molecule has 1 amide bonds. The van der Waals surface area contributed by atoms with Crippen molar-refractivity contribution in [3.8, 4) is 11.5 Å². The third-order valence-corrected chi connectivity index (χ3v) is 8.29. The third kappa shape index (κ3) is 6.43. The van der Waals surface area contributed by atoms with E-state index in [0.29, 0.717) is 60.4 Å². The first kappa shape index (κ1) is 29.3. The Morgan fingerprint density at radius 1 is 1.05 bits per heavy atom. The van der Waals surface area contributed by atoms with Crippen LogP contribution >= 0.6 is 0 Å². The Kier molecular flexibility index (Phi) is 9.00. The molecule has 2 saturated heterocycles. The Bertz CT molecular complexity index is 1350. The number of amides is 1. The minimum Gasteiger partial charge on any atom is -0.491 e. The summed E-state index contributed by atoms with van der Waals surface area (Å²) in [6.07, 6.45) is 4.04. The molecular weight excluding hydrogens is 550 g/mol. The van der Waals surface area contributed by atoms with E-state index in [1.165, 1.54) is 0 Å². The number of ether oxygens (including phenoxy) is 3. The molecule has 1 aromatic carbocycles. The van der Waals surface area contributed by atoms with E-state index in [1.807, 2.05) is 17.0 Å². The predicted molar refractivity (Wildman–Crippen MR) is 164 cm³/mol. The van der Waals surface area contributed by atoms with Gasteiger partial charge in [0.25, 0.3) is 5.91 Å². The van der Waals surface area contributed by atoms with Crippen molar-refractivity contribution < 1.29 is 19.0 Å². The molecule has 0 spiro atoms. The van der Waals surface area contributed by atoms with Crippen molar-refractivity contribution in [2.24, 2.45) is 9.98 Å². The molecule has 4 aliphatic heterocycles. The van der Waals surface area contributed by atoms with Gasteiger partial charge in [0.2, 0.25) is 11.9 Å². The van der Waals surface area contributed by atoms with Crippen LogP contribution in [0.3, 0.4) is 0 Å². The fraction of sp³-hybridized carbons (Fsp3) is 0.567. The second-order valence-electron chi connectivity index (χ2n) is 11.3. The van der Waals surface area contributed by atoms with Crippen LogP contribution < -0.4 is 19.7 Å². The minimum absolute atomic E-state index is 0.334.